The molecule has 1 N–H and O–H groups in total. The maximum absolute atomic E-state index is 9.18. The van der Waals surface area contributed by atoms with Crippen LogP contribution in [0.2, 0.25) is 0 Å². The molecule has 0 saturated heterocycles. The Kier molecular flexibility index (Phi) is 3.40. The number of hydrogen-bond acceptors (Lipinski definition) is 3. The molecular formula is C13H16N2S. The zero-order valence-corrected chi connectivity index (χ0v) is 10.5. The smallest absolute Gasteiger partial charge is 0.0736 e. The summed E-state index contributed by atoms with van der Waals surface area (Å²) in [7, 11) is 0. The van der Waals surface area contributed by atoms with E-state index in [1.165, 1.54) is 10.6 Å². The molecule has 0 aromatic heterocycles. The number of nitrogens with zero attached hydrogens (tertiary/aromatic N) is 1. The van der Waals surface area contributed by atoms with Gasteiger partial charge in [-0.05, 0) is 23.6 Å². The second-order valence-electron chi connectivity index (χ2n) is 4.38. The predicted molar refractivity (Wildman–Crippen MR) is 68.8 cm³/mol. The van der Waals surface area contributed by atoms with Gasteiger partial charge in [0.15, 0.2) is 0 Å². The minimum atomic E-state index is 0.00725. The first-order valence-electron chi connectivity index (χ1n) is 5.62. The summed E-state index contributed by atoms with van der Waals surface area (Å²) in [6, 6.07) is 8.74. The first-order valence-corrected chi connectivity index (χ1v) is 6.61. The van der Waals surface area contributed by atoms with Crippen LogP contribution in [0.5, 0.6) is 0 Å². The van der Waals surface area contributed by atoms with Crippen LogP contribution in [-0.2, 0) is 0 Å². The van der Waals surface area contributed by atoms with Crippen LogP contribution in [-0.4, -0.2) is 12.3 Å². The Balaban J connectivity index is 2.33. The number of hydrogen-bond donors (Lipinski definition) is 1. The van der Waals surface area contributed by atoms with Gasteiger partial charge in [-0.15, -0.1) is 11.8 Å². The van der Waals surface area contributed by atoms with Crippen molar-refractivity contribution in [3.8, 4) is 6.07 Å². The fourth-order valence-electron chi connectivity index (χ4n) is 1.95. The molecule has 2 rings (SSSR count). The molecule has 0 fully saturated rings. The quantitative estimate of drug-likeness (QED) is 0.848. The summed E-state index contributed by atoms with van der Waals surface area (Å²) in [5, 5.41) is 12.6. The fourth-order valence-corrected chi connectivity index (χ4v) is 2.89. The third kappa shape index (κ3) is 2.17. The number of fused-ring (bicyclic) bond motifs is 1. The summed E-state index contributed by atoms with van der Waals surface area (Å²) >= 11 is 1.87. The van der Waals surface area contributed by atoms with Gasteiger partial charge in [-0.3, -0.25) is 0 Å². The van der Waals surface area contributed by atoms with Gasteiger partial charge in [-0.1, -0.05) is 19.9 Å². The molecule has 1 heterocycles. The molecule has 1 atom stereocenters. The Morgan fingerprint density at radius 3 is 2.94 bits per heavy atom. The van der Waals surface area contributed by atoms with Crippen molar-refractivity contribution in [1.29, 1.82) is 5.26 Å². The van der Waals surface area contributed by atoms with E-state index in [9.17, 15) is 5.26 Å². The van der Waals surface area contributed by atoms with Gasteiger partial charge in [0.1, 0.15) is 0 Å². The molecule has 3 heteroatoms. The van der Waals surface area contributed by atoms with Crippen molar-refractivity contribution < 1.29 is 0 Å². The topological polar surface area (TPSA) is 35.8 Å². The first-order chi connectivity index (χ1) is 7.72. The third-order valence-electron chi connectivity index (χ3n) is 2.85. The summed E-state index contributed by atoms with van der Waals surface area (Å²) in [5.74, 6) is 1.48. The average molecular weight is 232 g/mol. The number of anilines is 1. The molecule has 0 saturated carbocycles. The van der Waals surface area contributed by atoms with Crippen molar-refractivity contribution >= 4 is 17.4 Å². The van der Waals surface area contributed by atoms with E-state index in [1.807, 2.05) is 11.8 Å². The summed E-state index contributed by atoms with van der Waals surface area (Å²) in [6.07, 6.45) is 0. The Morgan fingerprint density at radius 2 is 2.25 bits per heavy atom. The molecule has 16 heavy (non-hydrogen) atoms. The molecular weight excluding hydrogens is 216 g/mol. The number of rotatable bonds is 2. The van der Waals surface area contributed by atoms with Crippen LogP contribution in [0.25, 0.3) is 0 Å². The second-order valence-corrected chi connectivity index (χ2v) is 5.52. The molecule has 2 nitrogen and oxygen atoms in total. The second kappa shape index (κ2) is 4.80. The summed E-state index contributed by atoms with van der Waals surface area (Å²) < 4.78 is 0. The molecule has 0 bridgehead atoms. The summed E-state index contributed by atoms with van der Waals surface area (Å²) in [4.78, 5) is 1.28. The van der Waals surface area contributed by atoms with Gasteiger partial charge in [-0.2, -0.15) is 5.26 Å². The first kappa shape index (κ1) is 11.3. The highest BCUT2D eigenvalue weighted by atomic mass is 32.2. The minimum absolute atomic E-state index is 0.00725. The van der Waals surface area contributed by atoms with Gasteiger partial charge in [0.05, 0.1) is 12.0 Å². The van der Waals surface area contributed by atoms with Gasteiger partial charge in [-0.25, -0.2) is 0 Å². The molecule has 0 spiro atoms. The Labute approximate surface area is 101 Å². The fraction of sp³-hybridized carbons (Fsp3) is 0.462. The van der Waals surface area contributed by atoms with Gasteiger partial charge >= 0.3 is 0 Å². The highest BCUT2D eigenvalue weighted by Gasteiger charge is 2.17. The van der Waals surface area contributed by atoms with E-state index in [2.05, 4.69) is 43.4 Å². The maximum atomic E-state index is 9.18. The van der Waals surface area contributed by atoms with E-state index in [0.717, 1.165) is 17.9 Å². The Morgan fingerprint density at radius 1 is 1.44 bits per heavy atom. The van der Waals surface area contributed by atoms with Crippen LogP contribution in [0.3, 0.4) is 0 Å². The van der Waals surface area contributed by atoms with E-state index < -0.39 is 0 Å². The normalized spacial score (nSPS) is 16.1. The maximum Gasteiger partial charge on any atom is 0.0736 e. The van der Waals surface area contributed by atoms with E-state index in [-0.39, 0.29) is 5.92 Å². The number of nitrogens with one attached hydrogen (secondary N) is 1. The number of thioether (sulfide) groups is 1. The highest BCUT2D eigenvalue weighted by Crippen LogP contribution is 2.34. The lowest BCUT2D eigenvalue weighted by molar-refractivity contribution is 0.586. The van der Waals surface area contributed by atoms with Crippen molar-refractivity contribution in [3.05, 3.63) is 23.8 Å². The highest BCUT2D eigenvalue weighted by molar-refractivity contribution is 7.99. The van der Waals surface area contributed by atoms with Crippen LogP contribution in [0, 0.1) is 17.2 Å². The molecule has 1 aromatic carbocycles. The van der Waals surface area contributed by atoms with Crippen LogP contribution in [0.15, 0.2) is 23.1 Å². The molecule has 1 aliphatic heterocycles. The molecule has 0 aliphatic carbocycles. The Bertz CT molecular complexity index is 420. The van der Waals surface area contributed by atoms with E-state index >= 15 is 0 Å². The van der Waals surface area contributed by atoms with Crippen molar-refractivity contribution in [2.45, 2.75) is 24.7 Å². The molecule has 1 aliphatic rings. The SMILES string of the molecule is CC(C)C(C#N)c1ccc2c(c1)SCCN2. The molecule has 84 valence electrons. The van der Waals surface area contributed by atoms with Crippen LogP contribution < -0.4 is 5.32 Å². The summed E-state index contributed by atoms with van der Waals surface area (Å²) in [5.41, 5.74) is 2.35. The van der Waals surface area contributed by atoms with Gasteiger partial charge in [0, 0.05) is 22.9 Å². The zero-order valence-electron chi connectivity index (χ0n) is 9.66. The average Bonchev–Trinajstić information content (AvgIpc) is 2.29. The molecule has 0 amide bonds. The van der Waals surface area contributed by atoms with E-state index in [4.69, 9.17) is 0 Å². The third-order valence-corrected chi connectivity index (χ3v) is 3.90. The lowest BCUT2D eigenvalue weighted by Gasteiger charge is -2.20. The van der Waals surface area contributed by atoms with Crippen LogP contribution >= 0.6 is 11.8 Å². The van der Waals surface area contributed by atoms with E-state index in [1.54, 1.807) is 0 Å². The number of nitriles is 1. The molecule has 1 unspecified atom stereocenters. The predicted octanol–water partition coefficient (Wildman–Crippen LogP) is 3.47. The molecule has 1 aromatic rings. The summed E-state index contributed by atoms with van der Waals surface area (Å²) in [6.45, 7) is 5.22. The van der Waals surface area contributed by atoms with E-state index in [0.29, 0.717) is 5.92 Å². The van der Waals surface area contributed by atoms with Crippen LogP contribution in [0.4, 0.5) is 5.69 Å². The van der Waals surface area contributed by atoms with Crippen molar-refractivity contribution in [3.63, 3.8) is 0 Å². The Hall–Kier alpha value is -1.14. The minimum Gasteiger partial charge on any atom is -0.383 e. The number of benzene rings is 1. The van der Waals surface area contributed by atoms with Gasteiger partial charge < -0.3 is 5.32 Å². The standard InChI is InChI=1S/C13H16N2S/c1-9(2)11(8-14)10-3-4-12-13(7-10)16-6-5-15-12/h3-4,7,9,11,15H,5-6H2,1-2H3. The van der Waals surface area contributed by atoms with Crippen molar-refractivity contribution in [2.24, 2.45) is 5.92 Å². The van der Waals surface area contributed by atoms with Gasteiger partial charge in [0.25, 0.3) is 0 Å². The monoisotopic (exact) mass is 232 g/mol. The largest absolute Gasteiger partial charge is 0.383 e. The zero-order chi connectivity index (χ0) is 11.5. The van der Waals surface area contributed by atoms with Crippen molar-refractivity contribution in [1.82, 2.24) is 0 Å². The lowest BCUT2D eigenvalue weighted by atomic mass is 9.90. The lowest BCUT2D eigenvalue weighted by Crippen LogP contribution is -2.11. The van der Waals surface area contributed by atoms with Gasteiger partial charge in [0.2, 0.25) is 0 Å². The van der Waals surface area contributed by atoms with Crippen molar-refractivity contribution in [2.75, 3.05) is 17.6 Å². The van der Waals surface area contributed by atoms with Crippen LogP contribution in [0.1, 0.15) is 25.3 Å². The molecule has 0 radical (unpaired) electrons.